The summed E-state index contributed by atoms with van der Waals surface area (Å²) in [6, 6.07) is 18.1. The topological polar surface area (TPSA) is 144 Å². The molecule has 0 saturated heterocycles. The fourth-order valence-electron chi connectivity index (χ4n) is 3.39. The van der Waals surface area contributed by atoms with Gasteiger partial charge in [0, 0.05) is 29.0 Å². The third kappa shape index (κ3) is 4.78. The van der Waals surface area contributed by atoms with Gasteiger partial charge >= 0.3 is 0 Å². The zero-order valence-electron chi connectivity index (χ0n) is 18.5. The lowest BCUT2D eigenvalue weighted by atomic mass is 10.2. The molecular weight excluding hydrogens is 528 g/mol. The largest absolute Gasteiger partial charge is 0.443 e. The number of nitrogens with zero attached hydrogens (tertiary/aromatic N) is 2. The molecule has 0 aliphatic carbocycles. The Hall–Kier alpha value is -3.87. The van der Waals surface area contributed by atoms with E-state index in [0.717, 1.165) is 0 Å². The standard InChI is InChI=1S/C23H17ClN4O6S2/c1-14-25-26-23(33-14)16-6-4-7-18(11-16)35(29,30)27-19-10-9-17(24)13-20(19)28-36(31,32)22-12-15-5-2-3-8-21(15)34-22/h2-13,27-28H,1H3. The summed E-state index contributed by atoms with van der Waals surface area (Å²) < 4.78 is 68.0. The number of aryl methyl sites for hydroxylation is 1. The third-order valence-electron chi connectivity index (χ3n) is 5.06. The number of anilines is 2. The summed E-state index contributed by atoms with van der Waals surface area (Å²) in [5.74, 6) is 0.495. The second kappa shape index (κ2) is 8.97. The number of hydrogen-bond acceptors (Lipinski definition) is 8. The van der Waals surface area contributed by atoms with Crippen LogP contribution in [-0.4, -0.2) is 27.0 Å². The number of fused-ring (bicyclic) bond motifs is 1. The molecular formula is C23H17ClN4O6S2. The number of benzene rings is 3. The van der Waals surface area contributed by atoms with Crippen molar-refractivity contribution in [2.75, 3.05) is 9.44 Å². The van der Waals surface area contributed by atoms with Crippen LogP contribution in [0.4, 0.5) is 11.4 Å². The normalized spacial score (nSPS) is 12.1. The van der Waals surface area contributed by atoms with Gasteiger partial charge in [-0.1, -0.05) is 35.9 Å². The predicted molar refractivity (Wildman–Crippen MR) is 134 cm³/mol. The molecule has 13 heteroatoms. The molecule has 5 rings (SSSR count). The second-order valence-electron chi connectivity index (χ2n) is 7.66. The van der Waals surface area contributed by atoms with Gasteiger partial charge in [-0.25, -0.2) is 8.42 Å². The van der Waals surface area contributed by atoms with Gasteiger partial charge in [-0.2, -0.15) is 8.42 Å². The highest BCUT2D eigenvalue weighted by Gasteiger charge is 2.23. The molecule has 0 aliphatic rings. The van der Waals surface area contributed by atoms with Crippen molar-refractivity contribution >= 4 is 54.0 Å². The summed E-state index contributed by atoms with van der Waals surface area (Å²) >= 11 is 6.08. The number of hydrogen-bond donors (Lipinski definition) is 2. The Morgan fingerprint density at radius 1 is 0.778 bits per heavy atom. The summed E-state index contributed by atoms with van der Waals surface area (Å²) in [6.45, 7) is 1.62. The van der Waals surface area contributed by atoms with Crippen molar-refractivity contribution in [3.8, 4) is 11.5 Å². The summed E-state index contributed by atoms with van der Waals surface area (Å²) in [5.41, 5.74) is 0.662. The zero-order valence-corrected chi connectivity index (χ0v) is 20.9. The van der Waals surface area contributed by atoms with E-state index in [2.05, 4.69) is 19.6 Å². The maximum Gasteiger partial charge on any atom is 0.295 e. The molecule has 184 valence electrons. The molecule has 0 atom stereocenters. The van der Waals surface area contributed by atoms with Gasteiger partial charge in [0.25, 0.3) is 20.0 Å². The molecule has 2 N–H and O–H groups in total. The van der Waals surface area contributed by atoms with E-state index >= 15 is 0 Å². The Morgan fingerprint density at radius 3 is 2.31 bits per heavy atom. The highest BCUT2D eigenvalue weighted by atomic mass is 35.5. The lowest BCUT2D eigenvalue weighted by molar-refractivity contribution is 0.484. The van der Waals surface area contributed by atoms with Gasteiger partial charge < -0.3 is 8.83 Å². The van der Waals surface area contributed by atoms with Crippen molar-refractivity contribution in [1.82, 2.24) is 10.2 Å². The van der Waals surface area contributed by atoms with Gasteiger partial charge in [0.15, 0.2) is 0 Å². The predicted octanol–water partition coefficient (Wildman–Crippen LogP) is 5.05. The van der Waals surface area contributed by atoms with Crippen LogP contribution in [0.5, 0.6) is 0 Å². The quantitative estimate of drug-likeness (QED) is 0.290. The van der Waals surface area contributed by atoms with Crippen molar-refractivity contribution in [3.63, 3.8) is 0 Å². The Labute approximate surface area is 211 Å². The van der Waals surface area contributed by atoms with Gasteiger partial charge in [0.2, 0.25) is 16.9 Å². The number of halogens is 1. The van der Waals surface area contributed by atoms with Crippen molar-refractivity contribution in [2.45, 2.75) is 16.9 Å². The monoisotopic (exact) mass is 544 g/mol. The molecule has 0 saturated carbocycles. The molecule has 5 aromatic rings. The minimum atomic E-state index is -4.21. The van der Waals surface area contributed by atoms with Crippen molar-refractivity contribution < 1.29 is 25.7 Å². The Bertz CT molecular complexity index is 1780. The first kappa shape index (κ1) is 23.9. The van der Waals surface area contributed by atoms with Crippen molar-refractivity contribution in [3.05, 3.63) is 83.7 Å². The van der Waals surface area contributed by atoms with Gasteiger partial charge in [-0.15, -0.1) is 10.2 Å². The van der Waals surface area contributed by atoms with E-state index in [4.69, 9.17) is 20.4 Å². The van der Waals surface area contributed by atoms with Crippen LogP contribution in [0.2, 0.25) is 5.02 Å². The Balaban J connectivity index is 1.47. The number of furan rings is 1. The average Bonchev–Trinajstić information content (AvgIpc) is 3.48. The van der Waals surface area contributed by atoms with Gasteiger partial charge in [0.1, 0.15) is 5.58 Å². The lowest BCUT2D eigenvalue weighted by Crippen LogP contribution is -2.17. The highest BCUT2D eigenvalue weighted by Crippen LogP contribution is 2.32. The van der Waals surface area contributed by atoms with E-state index in [1.165, 1.54) is 42.5 Å². The fraction of sp³-hybridized carbons (Fsp3) is 0.0435. The molecule has 10 nitrogen and oxygen atoms in total. The Kier molecular flexibility index (Phi) is 5.94. The smallest absolute Gasteiger partial charge is 0.295 e. The molecule has 0 unspecified atom stereocenters. The summed E-state index contributed by atoms with van der Waals surface area (Å²) in [5, 5.41) is 8.10. The van der Waals surface area contributed by atoms with Crippen molar-refractivity contribution in [2.24, 2.45) is 0 Å². The van der Waals surface area contributed by atoms with Crippen LogP contribution >= 0.6 is 11.6 Å². The molecule has 0 aliphatic heterocycles. The molecule has 0 bridgehead atoms. The van der Waals surface area contributed by atoms with Crippen LogP contribution < -0.4 is 9.44 Å². The molecule has 2 aromatic heterocycles. The van der Waals surface area contributed by atoms with E-state index in [1.54, 1.807) is 37.3 Å². The van der Waals surface area contributed by atoms with E-state index in [0.29, 0.717) is 22.4 Å². The minimum Gasteiger partial charge on any atom is -0.443 e. The Morgan fingerprint density at radius 2 is 1.56 bits per heavy atom. The van der Waals surface area contributed by atoms with Crippen LogP contribution in [0.15, 0.2) is 91.6 Å². The van der Waals surface area contributed by atoms with Crippen molar-refractivity contribution in [1.29, 1.82) is 0 Å². The highest BCUT2D eigenvalue weighted by molar-refractivity contribution is 7.93. The maximum absolute atomic E-state index is 13.2. The lowest BCUT2D eigenvalue weighted by Gasteiger charge is -2.14. The van der Waals surface area contributed by atoms with Gasteiger partial charge in [-0.3, -0.25) is 9.44 Å². The van der Waals surface area contributed by atoms with Gasteiger partial charge in [-0.05, 0) is 42.5 Å². The summed E-state index contributed by atoms with van der Waals surface area (Å²) in [6.07, 6.45) is 0. The van der Waals surface area contributed by atoms with Crippen LogP contribution in [0.3, 0.4) is 0 Å². The first-order valence-electron chi connectivity index (χ1n) is 10.3. The third-order valence-corrected chi connectivity index (χ3v) is 7.87. The van der Waals surface area contributed by atoms with Crippen LogP contribution in [-0.2, 0) is 20.0 Å². The van der Waals surface area contributed by atoms with E-state index in [9.17, 15) is 16.8 Å². The maximum atomic E-state index is 13.2. The summed E-state index contributed by atoms with van der Waals surface area (Å²) in [7, 11) is -8.37. The molecule has 0 amide bonds. The number of nitrogens with one attached hydrogen (secondary N) is 2. The fourth-order valence-corrected chi connectivity index (χ4v) is 5.73. The molecule has 0 fully saturated rings. The summed E-state index contributed by atoms with van der Waals surface area (Å²) in [4.78, 5) is -0.100. The van der Waals surface area contributed by atoms with Crippen LogP contribution in [0, 0.1) is 6.92 Å². The first-order chi connectivity index (χ1) is 17.1. The van der Waals surface area contributed by atoms with E-state index < -0.39 is 20.0 Å². The van der Waals surface area contributed by atoms with Gasteiger partial charge in [0.05, 0.1) is 16.3 Å². The SMILES string of the molecule is Cc1nnc(-c2cccc(S(=O)(=O)Nc3ccc(Cl)cc3NS(=O)(=O)c3cc4ccccc4o3)c2)o1. The number of para-hydroxylation sites is 1. The van der Waals surface area contributed by atoms with Crippen LogP contribution in [0.1, 0.15) is 5.89 Å². The molecule has 0 spiro atoms. The van der Waals surface area contributed by atoms with Crippen LogP contribution in [0.25, 0.3) is 22.4 Å². The minimum absolute atomic E-state index is 0.0434. The molecule has 36 heavy (non-hydrogen) atoms. The molecule has 3 aromatic carbocycles. The van der Waals surface area contributed by atoms with E-state index in [1.807, 2.05) is 0 Å². The zero-order chi connectivity index (χ0) is 25.5. The molecule has 0 radical (unpaired) electrons. The number of aromatic nitrogens is 2. The van der Waals surface area contributed by atoms with E-state index in [-0.39, 0.29) is 32.3 Å². The number of sulfonamides is 2. The molecule has 2 heterocycles. The second-order valence-corrected chi connectivity index (χ2v) is 11.4. The average molecular weight is 545 g/mol. The first-order valence-corrected chi connectivity index (χ1v) is 13.7. The number of rotatable bonds is 7.